The number of cyclic esters (lactones) is 1. The number of nitriles is 1. The minimum Gasteiger partial charge on any atom is -0.507 e. The number of aromatic hydroxyl groups is 1. The molecule has 0 saturated carbocycles. The smallest absolute Gasteiger partial charge is 0.306 e. The van der Waals surface area contributed by atoms with Crippen LogP contribution < -0.4 is 11.1 Å². The highest BCUT2D eigenvalue weighted by Gasteiger charge is 2.29. The van der Waals surface area contributed by atoms with Crippen LogP contribution in [0.3, 0.4) is 0 Å². The van der Waals surface area contributed by atoms with E-state index in [0.717, 1.165) is 0 Å². The van der Waals surface area contributed by atoms with Gasteiger partial charge in [-0.2, -0.15) is 5.26 Å². The van der Waals surface area contributed by atoms with Crippen molar-refractivity contribution >= 4 is 23.4 Å². The first-order valence-corrected chi connectivity index (χ1v) is 9.56. The van der Waals surface area contributed by atoms with Crippen LogP contribution in [-0.4, -0.2) is 28.1 Å². The van der Waals surface area contributed by atoms with Gasteiger partial charge in [-0.3, -0.25) is 9.59 Å². The Hall–Kier alpha value is -4.38. The summed E-state index contributed by atoms with van der Waals surface area (Å²) in [5, 5.41) is 22.5. The van der Waals surface area contributed by atoms with Crippen LogP contribution in [-0.2, 0) is 14.3 Å². The second-order valence-corrected chi connectivity index (χ2v) is 7.03. The molecule has 0 spiro atoms. The summed E-state index contributed by atoms with van der Waals surface area (Å²) in [6.45, 7) is 0. The quantitative estimate of drug-likeness (QED) is 0.534. The molecule has 1 saturated heterocycles. The number of phenols is 1. The van der Waals surface area contributed by atoms with Crippen molar-refractivity contribution in [2.45, 2.75) is 26.4 Å². The zero-order valence-electron chi connectivity index (χ0n) is 16.3. The molecule has 1 atom stereocenters. The number of aromatic nitrogens is 1. The molecule has 1 aliphatic rings. The minimum atomic E-state index is -0.810. The first-order chi connectivity index (χ1) is 15.0. The summed E-state index contributed by atoms with van der Waals surface area (Å²) < 4.78 is 5.00. The third-order valence-corrected chi connectivity index (χ3v) is 4.96. The molecule has 1 aromatic heterocycles. The van der Waals surface area contributed by atoms with Crippen LogP contribution in [0.15, 0.2) is 54.6 Å². The van der Waals surface area contributed by atoms with Gasteiger partial charge in [-0.15, -0.1) is 0 Å². The fraction of sp³-hybridized carbons (Fsp3) is 0.167. The van der Waals surface area contributed by atoms with Crippen LogP contribution in [0.2, 0.25) is 0 Å². The highest BCUT2D eigenvalue weighted by Crippen LogP contribution is 2.35. The van der Waals surface area contributed by atoms with Gasteiger partial charge in [0.15, 0.2) is 6.10 Å². The lowest BCUT2D eigenvalue weighted by atomic mass is 9.97. The van der Waals surface area contributed by atoms with Gasteiger partial charge >= 0.3 is 5.97 Å². The number of rotatable bonds is 4. The van der Waals surface area contributed by atoms with Crippen molar-refractivity contribution in [3.8, 4) is 34.2 Å². The summed E-state index contributed by atoms with van der Waals surface area (Å²) in [6.07, 6.45) is -0.252. The molecule has 1 fully saturated rings. The van der Waals surface area contributed by atoms with Crippen molar-refractivity contribution in [1.82, 2.24) is 4.98 Å². The molecular formula is C24H22N4O4. The van der Waals surface area contributed by atoms with E-state index in [-0.39, 0.29) is 31.0 Å². The summed E-state index contributed by atoms with van der Waals surface area (Å²) in [7, 11) is 0. The molecule has 1 amide bonds. The molecule has 162 valence electrons. The van der Waals surface area contributed by atoms with E-state index in [1.165, 1.54) is 6.07 Å². The highest BCUT2D eigenvalue weighted by atomic mass is 16.6. The van der Waals surface area contributed by atoms with Crippen molar-refractivity contribution in [2.75, 3.05) is 11.1 Å². The molecule has 4 N–H and O–H groups in total. The van der Waals surface area contributed by atoms with Crippen molar-refractivity contribution in [3.63, 3.8) is 0 Å². The number of pyridine rings is 1. The lowest BCUT2D eigenvalue weighted by molar-refractivity contribution is -0.146. The lowest BCUT2D eigenvalue weighted by Crippen LogP contribution is -2.27. The highest BCUT2D eigenvalue weighted by molar-refractivity contribution is 5.97. The standard InChI is InChI=1S/C23H18N4O4.CH4/c24-12-17-16(11-18(27-22(17)25)15-6-1-2-7-19(15)28)13-4-3-5-14(10-13)26-23(30)20-8-9-21(29)31-20;/h1-7,10-11,20,28H,8-9H2,(H2,25,27)(H,26,30);1H4. The van der Waals surface area contributed by atoms with Crippen LogP contribution >= 0.6 is 0 Å². The molecule has 4 rings (SSSR count). The molecular weight excluding hydrogens is 408 g/mol. The topological polar surface area (TPSA) is 138 Å². The monoisotopic (exact) mass is 430 g/mol. The van der Waals surface area contributed by atoms with Crippen LogP contribution in [0.5, 0.6) is 5.75 Å². The van der Waals surface area contributed by atoms with E-state index in [1.807, 2.05) is 0 Å². The Morgan fingerprint density at radius 3 is 2.66 bits per heavy atom. The number of nitrogens with two attached hydrogens (primary N) is 1. The van der Waals surface area contributed by atoms with Gasteiger partial charge in [-0.1, -0.05) is 31.7 Å². The molecule has 0 radical (unpaired) electrons. The predicted molar refractivity (Wildman–Crippen MR) is 120 cm³/mol. The lowest BCUT2D eigenvalue weighted by Gasteiger charge is -2.13. The SMILES string of the molecule is C.N#Cc1c(-c2cccc(NC(=O)C3CCC(=O)O3)c2)cc(-c2ccccc2O)nc1N. The maximum absolute atomic E-state index is 12.4. The van der Waals surface area contributed by atoms with Gasteiger partial charge in [0.05, 0.1) is 5.69 Å². The first-order valence-electron chi connectivity index (χ1n) is 9.56. The van der Waals surface area contributed by atoms with Crippen LogP contribution in [0, 0.1) is 11.3 Å². The summed E-state index contributed by atoms with van der Waals surface area (Å²) in [5.74, 6) is -0.730. The van der Waals surface area contributed by atoms with Gasteiger partial charge < -0.3 is 20.9 Å². The van der Waals surface area contributed by atoms with Crippen molar-refractivity contribution in [1.29, 1.82) is 5.26 Å². The maximum atomic E-state index is 12.4. The predicted octanol–water partition coefficient (Wildman–Crippen LogP) is 3.86. The molecule has 0 aliphatic carbocycles. The van der Waals surface area contributed by atoms with Gasteiger partial charge in [-0.05, 0) is 35.9 Å². The van der Waals surface area contributed by atoms with E-state index in [4.69, 9.17) is 10.5 Å². The normalized spacial score (nSPS) is 14.7. The fourth-order valence-corrected chi connectivity index (χ4v) is 3.44. The van der Waals surface area contributed by atoms with Crippen molar-refractivity contribution < 1.29 is 19.4 Å². The van der Waals surface area contributed by atoms with Crippen LogP contribution in [0.25, 0.3) is 22.4 Å². The molecule has 1 unspecified atom stereocenters. The Kier molecular flexibility index (Phi) is 6.40. The second-order valence-electron chi connectivity index (χ2n) is 7.03. The number of para-hydroxylation sites is 1. The number of nitrogens with zero attached hydrogens (tertiary/aromatic N) is 2. The molecule has 0 bridgehead atoms. The second kappa shape index (κ2) is 9.18. The Morgan fingerprint density at radius 1 is 1.19 bits per heavy atom. The van der Waals surface area contributed by atoms with Crippen molar-refractivity contribution in [2.24, 2.45) is 0 Å². The molecule has 2 heterocycles. The fourth-order valence-electron chi connectivity index (χ4n) is 3.44. The zero-order valence-corrected chi connectivity index (χ0v) is 16.3. The van der Waals surface area contributed by atoms with Gasteiger partial charge in [-0.25, -0.2) is 4.98 Å². The van der Waals surface area contributed by atoms with Gasteiger partial charge in [0, 0.05) is 29.7 Å². The third-order valence-electron chi connectivity index (χ3n) is 4.96. The average Bonchev–Trinajstić information content (AvgIpc) is 3.20. The summed E-state index contributed by atoms with van der Waals surface area (Å²) in [6, 6.07) is 17.3. The minimum absolute atomic E-state index is 0. The Balaban J connectivity index is 0.00000289. The van der Waals surface area contributed by atoms with Gasteiger partial charge in [0.2, 0.25) is 0 Å². The van der Waals surface area contributed by atoms with E-state index in [0.29, 0.717) is 34.5 Å². The van der Waals surface area contributed by atoms with E-state index in [2.05, 4.69) is 16.4 Å². The Labute approximate surface area is 185 Å². The average molecular weight is 430 g/mol. The number of hydrogen-bond acceptors (Lipinski definition) is 7. The number of nitrogens with one attached hydrogen (secondary N) is 1. The summed E-state index contributed by atoms with van der Waals surface area (Å²) in [4.78, 5) is 27.9. The maximum Gasteiger partial charge on any atom is 0.306 e. The zero-order chi connectivity index (χ0) is 22.0. The molecule has 2 aromatic carbocycles. The molecule has 3 aromatic rings. The first kappa shape index (κ1) is 22.3. The number of anilines is 2. The van der Waals surface area contributed by atoms with Crippen LogP contribution in [0.4, 0.5) is 11.5 Å². The number of carbonyl (C=O) groups excluding carboxylic acids is 2. The number of esters is 1. The van der Waals surface area contributed by atoms with E-state index in [1.54, 1.807) is 48.5 Å². The largest absolute Gasteiger partial charge is 0.507 e. The molecule has 32 heavy (non-hydrogen) atoms. The van der Waals surface area contributed by atoms with Gasteiger partial charge in [0.25, 0.3) is 5.91 Å². The van der Waals surface area contributed by atoms with E-state index in [9.17, 15) is 20.0 Å². The van der Waals surface area contributed by atoms with E-state index < -0.39 is 18.0 Å². The number of phenolic OH excluding ortho intramolecular Hbond substituents is 1. The Bertz CT molecular complexity index is 1230. The van der Waals surface area contributed by atoms with E-state index >= 15 is 0 Å². The van der Waals surface area contributed by atoms with Gasteiger partial charge in [0.1, 0.15) is 23.2 Å². The summed E-state index contributed by atoms with van der Waals surface area (Å²) >= 11 is 0. The Morgan fingerprint density at radius 2 is 1.97 bits per heavy atom. The number of amides is 1. The molecule has 1 aliphatic heterocycles. The molecule has 8 heteroatoms. The molecule has 8 nitrogen and oxygen atoms in total. The number of carbonyl (C=O) groups is 2. The van der Waals surface area contributed by atoms with Crippen LogP contribution in [0.1, 0.15) is 25.8 Å². The number of nitrogen functional groups attached to an aromatic ring is 1. The number of ether oxygens (including phenoxy) is 1. The number of hydrogen-bond donors (Lipinski definition) is 3. The van der Waals surface area contributed by atoms with Crippen molar-refractivity contribution in [3.05, 3.63) is 60.2 Å². The summed E-state index contributed by atoms with van der Waals surface area (Å²) in [5.41, 5.74) is 8.74. The number of benzene rings is 2. The third kappa shape index (κ3) is 4.37.